The molecule has 1 aliphatic rings. The second kappa shape index (κ2) is 9.44. The van der Waals surface area contributed by atoms with E-state index in [1.807, 2.05) is 19.1 Å². The van der Waals surface area contributed by atoms with Crippen LogP contribution in [0.2, 0.25) is 0 Å². The average Bonchev–Trinajstić information content (AvgIpc) is 3.37. The minimum atomic E-state index is -2.88. The van der Waals surface area contributed by atoms with E-state index in [0.29, 0.717) is 22.0 Å². The molecule has 0 fully saturated rings. The van der Waals surface area contributed by atoms with E-state index < -0.39 is 6.61 Å². The Balaban J connectivity index is 1.34. The molecule has 1 aliphatic carbocycles. The number of amides is 2. The van der Waals surface area contributed by atoms with Crippen LogP contribution < -0.4 is 15.4 Å². The summed E-state index contributed by atoms with van der Waals surface area (Å²) in [7, 11) is 0. The average molecular weight is 458 g/mol. The standard InChI is InChI=1S/C23H21F2N3O3S/c1-13-20(15-7-9-18(10-8-15)31-22(24)25)28-23(32-13)27-19(29)12-26-21(30)17-6-5-14-3-2-4-16(14)11-17/h5-11,22H,2-4,12H2,1H3,(H,26,30)(H,27,28,29). The zero-order valence-electron chi connectivity index (χ0n) is 17.3. The number of carbonyl (C=O) groups is 2. The number of fused-ring (bicyclic) bond motifs is 1. The van der Waals surface area contributed by atoms with Gasteiger partial charge in [0.15, 0.2) is 5.13 Å². The normalized spacial score (nSPS) is 12.5. The fourth-order valence-corrected chi connectivity index (χ4v) is 4.50. The molecule has 0 saturated heterocycles. The van der Waals surface area contributed by atoms with Gasteiger partial charge in [0.25, 0.3) is 5.91 Å². The molecule has 0 atom stereocenters. The Morgan fingerprint density at radius 3 is 2.62 bits per heavy atom. The van der Waals surface area contributed by atoms with Gasteiger partial charge in [-0.15, -0.1) is 11.3 Å². The number of rotatable bonds is 7. The number of ether oxygens (including phenoxy) is 1. The maximum atomic E-state index is 12.4. The number of aromatic nitrogens is 1. The quantitative estimate of drug-likeness (QED) is 0.544. The lowest BCUT2D eigenvalue weighted by Gasteiger charge is -2.07. The molecule has 0 saturated carbocycles. The minimum Gasteiger partial charge on any atom is -0.435 e. The zero-order chi connectivity index (χ0) is 22.7. The molecule has 0 spiro atoms. The van der Waals surface area contributed by atoms with Crippen molar-refractivity contribution in [1.82, 2.24) is 10.3 Å². The summed E-state index contributed by atoms with van der Waals surface area (Å²) in [5.74, 6) is -0.623. The van der Waals surface area contributed by atoms with Crippen LogP contribution in [0.3, 0.4) is 0 Å². The highest BCUT2D eigenvalue weighted by Gasteiger charge is 2.16. The molecule has 6 nitrogen and oxygen atoms in total. The number of hydrogen-bond donors (Lipinski definition) is 2. The topological polar surface area (TPSA) is 80.3 Å². The largest absolute Gasteiger partial charge is 0.435 e. The smallest absolute Gasteiger partial charge is 0.387 e. The Bertz CT molecular complexity index is 1150. The molecule has 4 rings (SSSR count). The van der Waals surface area contributed by atoms with Crippen LogP contribution in [0.1, 0.15) is 32.8 Å². The van der Waals surface area contributed by atoms with Crippen LogP contribution in [0.15, 0.2) is 42.5 Å². The molecule has 0 radical (unpaired) electrons. The van der Waals surface area contributed by atoms with Crippen molar-refractivity contribution in [3.8, 4) is 17.0 Å². The molecule has 0 bridgehead atoms. The number of nitrogens with one attached hydrogen (secondary N) is 2. The maximum Gasteiger partial charge on any atom is 0.387 e. The molecule has 0 aliphatic heterocycles. The summed E-state index contributed by atoms with van der Waals surface area (Å²) in [5, 5.41) is 5.72. The van der Waals surface area contributed by atoms with E-state index in [1.54, 1.807) is 18.2 Å². The highest BCUT2D eigenvalue weighted by Crippen LogP contribution is 2.31. The lowest BCUT2D eigenvalue weighted by Crippen LogP contribution is -2.32. The van der Waals surface area contributed by atoms with Crippen LogP contribution in [0, 0.1) is 6.92 Å². The van der Waals surface area contributed by atoms with Gasteiger partial charge in [0.2, 0.25) is 5.91 Å². The minimum absolute atomic E-state index is 0.0595. The monoisotopic (exact) mass is 457 g/mol. The predicted octanol–water partition coefficient (Wildman–Crippen LogP) is 4.58. The molecule has 2 amide bonds. The first-order valence-corrected chi connectivity index (χ1v) is 10.9. The molecule has 32 heavy (non-hydrogen) atoms. The van der Waals surface area contributed by atoms with Gasteiger partial charge >= 0.3 is 6.61 Å². The van der Waals surface area contributed by atoms with Crippen molar-refractivity contribution in [3.63, 3.8) is 0 Å². The Kier molecular flexibility index (Phi) is 6.45. The van der Waals surface area contributed by atoms with Crippen molar-refractivity contribution in [2.45, 2.75) is 32.8 Å². The molecule has 2 aromatic carbocycles. The Morgan fingerprint density at radius 1 is 1.12 bits per heavy atom. The van der Waals surface area contributed by atoms with Crippen LogP contribution in [-0.4, -0.2) is 30.0 Å². The van der Waals surface area contributed by atoms with E-state index in [0.717, 1.165) is 24.1 Å². The summed E-state index contributed by atoms with van der Waals surface area (Å²) < 4.78 is 28.9. The van der Waals surface area contributed by atoms with Gasteiger partial charge in [0, 0.05) is 16.0 Å². The molecule has 1 aromatic heterocycles. The van der Waals surface area contributed by atoms with Gasteiger partial charge in [-0.3, -0.25) is 9.59 Å². The van der Waals surface area contributed by atoms with Crippen LogP contribution in [0.4, 0.5) is 13.9 Å². The molecular weight excluding hydrogens is 436 g/mol. The van der Waals surface area contributed by atoms with Crippen LogP contribution in [0.5, 0.6) is 5.75 Å². The summed E-state index contributed by atoms with van der Waals surface area (Å²) in [5.41, 5.74) is 4.37. The number of halogens is 2. The summed E-state index contributed by atoms with van der Waals surface area (Å²) in [6.45, 7) is -1.21. The van der Waals surface area contributed by atoms with E-state index in [1.165, 1.54) is 34.6 Å². The number of thiazole rings is 1. The summed E-state index contributed by atoms with van der Waals surface area (Å²) in [6, 6.07) is 11.8. The van der Waals surface area contributed by atoms with Crippen LogP contribution >= 0.6 is 11.3 Å². The van der Waals surface area contributed by atoms with Crippen molar-refractivity contribution in [2.75, 3.05) is 11.9 Å². The first-order chi connectivity index (χ1) is 15.4. The van der Waals surface area contributed by atoms with Gasteiger partial charge in [0.1, 0.15) is 5.75 Å². The van der Waals surface area contributed by atoms with E-state index in [-0.39, 0.29) is 24.1 Å². The predicted molar refractivity (Wildman–Crippen MR) is 118 cm³/mol. The highest BCUT2D eigenvalue weighted by molar-refractivity contribution is 7.16. The van der Waals surface area contributed by atoms with Gasteiger partial charge in [-0.1, -0.05) is 6.07 Å². The van der Waals surface area contributed by atoms with Crippen LogP contribution in [0.25, 0.3) is 11.3 Å². The first-order valence-electron chi connectivity index (χ1n) is 10.1. The Morgan fingerprint density at radius 2 is 1.88 bits per heavy atom. The number of anilines is 1. The van der Waals surface area contributed by atoms with Crippen LogP contribution in [-0.2, 0) is 17.6 Å². The van der Waals surface area contributed by atoms with Crippen molar-refractivity contribution in [3.05, 3.63) is 64.0 Å². The maximum absolute atomic E-state index is 12.4. The zero-order valence-corrected chi connectivity index (χ0v) is 18.1. The van der Waals surface area contributed by atoms with Gasteiger partial charge in [-0.2, -0.15) is 8.78 Å². The number of alkyl halides is 2. The molecule has 166 valence electrons. The SMILES string of the molecule is Cc1sc(NC(=O)CNC(=O)c2ccc3c(c2)CCC3)nc1-c1ccc(OC(F)F)cc1. The van der Waals surface area contributed by atoms with E-state index in [9.17, 15) is 18.4 Å². The number of nitrogens with zero attached hydrogens (tertiary/aromatic N) is 1. The fraction of sp³-hybridized carbons (Fsp3) is 0.261. The number of benzene rings is 2. The lowest BCUT2D eigenvalue weighted by molar-refractivity contribution is -0.115. The molecule has 2 N–H and O–H groups in total. The van der Waals surface area contributed by atoms with Gasteiger partial charge in [-0.05, 0) is 73.7 Å². The van der Waals surface area contributed by atoms with E-state index >= 15 is 0 Å². The molecule has 3 aromatic rings. The summed E-state index contributed by atoms with van der Waals surface area (Å²) >= 11 is 1.29. The molecule has 1 heterocycles. The second-order valence-corrected chi connectivity index (χ2v) is 8.60. The van der Waals surface area contributed by atoms with Crippen molar-refractivity contribution >= 4 is 28.3 Å². The van der Waals surface area contributed by atoms with Crippen molar-refractivity contribution < 1.29 is 23.1 Å². The van der Waals surface area contributed by atoms with Gasteiger partial charge in [0.05, 0.1) is 12.2 Å². The first kappa shape index (κ1) is 21.9. The highest BCUT2D eigenvalue weighted by atomic mass is 32.1. The Labute approximate surface area is 187 Å². The molecule has 0 unspecified atom stereocenters. The van der Waals surface area contributed by atoms with E-state index in [2.05, 4.69) is 20.4 Å². The summed E-state index contributed by atoms with van der Waals surface area (Å²) in [4.78, 5) is 29.9. The molecule has 9 heteroatoms. The third kappa shape index (κ3) is 5.11. The summed E-state index contributed by atoms with van der Waals surface area (Å²) in [6.07, 6.45) is 3.12. The number of hydrogen-bond acceptors (Lipinski definition) is 5. The number of carbonyl (C=O) groups excluding carboxylic acids is 2. The third-order valence-corrected chi connectivity index (χ3v) is 6.05. The van der Waals surface area contributed by atoms with Crippen molar-refractivity contribution in [1.29, 1.82) is 0 Å². The third-order valence-electron chi connectivity index (χ3n) is 5.17. The lowest BCUT2D eigenvalue weighted by atomic mass is 10.1. The fourth-order valence-electron chi connectivity index (χ4n) is 3.65. The van der Waals surface area contributed by atoms with Gasteiger partial charge in [-0.25, -0.2) is 4.98 Å². The Hall–Kier alpha value is -3.33. The number of aryl methyl sites for hydroxylation is 3. The van der Waals surface area contributed by atoms with E-state index in [4.69, 9.17) is 0 Å². The van der Waals surface area contributed by atoms with Crippen molar-refractivity contribution in [2.24, 2.45) is 0 Å². The molecular formula is C23H21F2N3O3S. The second-order valence-electron chi connectivity index (χ2n) is 7.39. The van der Waals surface area contributed by atoms with Gasteiger partial charge < -0.3 is 15.4 Å².